The largest absolute Gasteiger partial charge is 0.465 e. The van der Waals surface area contributed by atoms with Gasteiger partial charge in [-0.2, -0.15) is 0 Å². The number of unbranched alkanes of at least 4 members (excludes halogenated alkanes) is 1. The second-order valence-electron chi connectivity index (χ2n) is 6.19. The molecule has 2 N–H and O–H groups in total. The first-order chi connectivity index (χ1) is 13.4. The van der Waals surface area contributed by atoms with Gasteiger partial charge in [-0.05, 0) is 42.8 Å². The number of hydrogen-bond acceptors (Lipinski definition) is 6. The summed E-state index contributed by atoms with van der Waals surface area (Å²) in [6.45, 7) is 2.71. The number of nitrogens with two attached hydrogens (primary N) is 1. The van der Waals surface area contributed by atoms with E-state index in [0.717, 1.165) is 18.4 Å². The van der Waals surface area contributed by atoms with Gasteiger partial charge in [0, 0.05) is 12.6 Å². The smallest absolute Gasteiger partial charge is 0.331 e. The monoisotopic (exact) mass is 403 g/mol. The molecule has 0 fully saturated rings. The van der Waals surface area contributed by atoms with Crippen molar-refractivity contribution >= 4 is 33.1 Å². The van der Waals surface area contributed by atoms with Crippen LogP contribution in [0, 0.1) is 0 Å². The molecular weight excluding hydrogens is 382 g/mol. The van der Waals surface area contributed by atoms with Gasteiger partial charge < -0.3 is 13.7 Å². The normalized spacial score (nSPS) is 12.1. The molecule has 148 valence electrons. The molecule has 0 bridgehead atoms. The molecule has 0 atom stereocenters. The molecule has 0 aliphatic carbocycles. The Kier molecular flexibility index (Phi) is 5.96. The average molecular weight is 403 g/mol. The van der Waals surface area contributed by atoms with Crippen molar-refractivity contribution in [2.45, 2.75) is 37.8 Å². The lowest BCUT2D eigenvalue weighted by Gasteiger charge is -2.08. The molecule has 0 aliphatic heterocycles. The van der Waals surface area contributed by atoms with Crippen LogP contribution in [0.2, 0.25) is 0 Å². The third-order valence-electron chi connectivity index (χ3n) is 4.13. The zero-order valence-corrected chi connectivity index (χ0v) is 16.2. The molecule has 0 saturated carbocycles. The molecule has 2 aromatic heterocycles. The fourth-order valence-corrected chi connectivity index (χ4v) is 3.27. The SMILES string of the molecule is CCCCn1c(COC(=O)/C=C/c2ccco2)nc2cc(S(N)(=O)=O)ccc21. The van der Waals surface area contributed by atoms with Crippen molar-refractivity contribution in [1.29, 1.82) is 0 Å². The first-order valence-electron chi connectivity index (χ1n) is 8.79. The first kappa shape index (κ1) is 19.8. The number of hydrogen-bond donors (Lipinski definition) is 1. The van der Waals surface area contributed by atoms with E-state index in [-0.39, 0.29) is 11.5 Å². The van der Waals surface area contributed by atoms with Crippen LogP contribution in [-0.4, -0.2) is 23.9 Å². The molecule has 1 aromatic carbocycles. The molecule has 2 heterocycles. The number of sulfonamides is 1. The number of aryl methyl sites for hydroxylation is 1. The van der Waals surface area contributed by atoms with Crippen LogP contribution in [-0.2, 0) is 32.7 Å². The lowest BCUT2D eigenvalue weighted by atomic mass is 10.3. The zero-order chi connectivity index (χ0) is 20.1. The Bertz CT molecular complexity index is 1100. The van der Waals surface area contributed by atoms with E-state index >= 15 is 0 Å². The number of benzene rings is 1. The number of nitrogens with zero attached hydrogens (tertiary/aromatic N) is 2. The van der Waals surface area contributed by atoms with Gasteiger partial charge in [0.05, 0.1) is 22.2 Å². The van der Waals surface area contributed by atoms with Gasteiger partial charge in [-0.15, -0.1) is 0 Å². The van der Waals surface area contributed by atoms with Crippen LogP contribution in [0.25, 0.3) is 17.1 Å². The standard InChI is InChI=1S/C19H21N3O5S/c1-2-3-10-22-17-8-7-15(28(20,24)25)12-16(17)21-18(22)13-27-19(23)9-6-14-5-4-11-26-14/h4-9,11-12H,2-3,10,13H2,1H3,(H2,20,24,25)/b9-6+. The predicted molar refractivity (Wildman–Crippen MR) is 104 cm³/mol. The number of esters is 1. The fourth-order valence-electron chi connectivity index (χ4n) is 2.73. The minimum absolute atomic E-state index is 0.00920. The van der Waals surface area contributed by atoms with Crippen molar-refractivity contribution in [3.8, 4) is 0 Å². The fraction of sp³-hybridized carbons (Fsp3) is 0.263. The molecular formula is C19H21N3O5S. The first-order valence-corrected chi connectivity index (χ1v) is 10.3. The number of aromatic nitrogens is 2. The maximum atomic E-state index is 12.0. The molecule has 0 spiro atoms. The Labute approximate surface area is 162 Å². The molecule has 8 nitrogen and oxygen atoms in total. The van der Waals surface area contributed by atoms with Gasteiger partial charge in [-0.25, -0.2) is 23.3 Å². The molecule has 0 radical (unpaired) electrons. The molecule has 3 aromatic rings. The van der Waals surface area contributed by atoms with E-state index in [1.54, 1.807) is 18.2 Å². The number of carbonyl (C=O) groups is 1. The van der Waals surface area contributed by atoms with Crippen LogP contribution in [0.15, 0.2) is 52.0 Å². The summed E-state index contributed by atoms with van der Waals surface area (Å²) < 4.78 is 35.5. The number of fused-ring (bicyclic) bond motifs is 1. The van der Waals surface area contributed by atoms with E-state index in [4.69, 9.17) is 14.3 Å². The summed E-state index contributed by atoms with van der Waals surface area (Å²) in [5.41, 5.74) is 1.25. The van der Waals surface area contributed by atoms with E-state index in [1.165, 1.54) is 30.5 Å². The van der Waals surface area contributed by atoms with Crippen molar-refractivity contribution in [3.63, 3.8) is 0 Å². The van der Waals surface area contributed by atoms with Crippen molar-refractivity contribution in [2.75, 3.05) is 0 Å². The van der Waals surface area contributed by atoms with Gasteiger partial charge in [-0.1, -0.05) is 13.3 Å². The van der Waals surface area contributed by atoms with E-state index in [2.05, 4.69) is 11.9 Å². The maximum Gasteiger partial charge on any atom is 0.331 e. The van der Waals surface area contributed by atoms with Gasteiger partial charge >= 0.3 is 5.97 Å². The minimum atomic E-state index is -3.82. The summed E-state index contributed by atoms with van der Waals surface area (Å²) in [5.74, 6) is 0.549. The lowest BCUT2D eigenvalue weighted by Crippen LogP contribution is -2.11. The number of rotatable bonds is 8. The average Bonchev–Trinajstić information content (AvgIpc) is 3.29. The predicted octanol–water partition coefficient (Wildman–Crippen LogP) is 2.83. The van der Waals surface area contributed by atoms with Crippen LogP contribution >= 0.6 is 0 Å². The molecule has 0 saturated heterocycles. The lowest BCUT2D eigenvalue weighted by molar-refractivity contribution is -0.139. The van der Waals surface area contributed by atoms with Crippen molar-refractivity contribution < 1.29 is 22.4 Å². The highest BCUT2D eigenvalue weighted by Crippen LogP contribution is 2.21. The van der Waals surface area contributed by atoms with Crippen LogP contribution in [0.4, 0.5) is 0 Å². The zero-order valence-electron chi connectivity index (χ0n) is 15.4. The number of ether oxygens (including phenoxy) is 1. The van der Waals surface area contributed by atoms with Crippen LogP contribution in [0.3, 0.4) is 0 Å². The van der Waals surface area contributed by atoms with Gasteiger partial charge in [0.25, 0.3) is 0 Å². The van der Waals surface area contributed by atoms with Crippen molar-refractivity contribution in [2.24, 2.45) is 5.14 Å². The Morgan fingerprint density at radius 3 is 2.86 bits per heavy atom. The Morgan fingerprint density at radius 2 is 2.18 bits per heavy atom. The molecule has 0 amide bonds. The topological polar surface area (TPSA) is 117 Å². The quantitative estimate of drug-likeness (QED) is 0.456. The molecule has 9 heteroatoms. The van der Waals surface area contributed by atoms with E-state index in [0.29, 0.717) is 23.6 Å². The second kappa shape index (κ2) is 8.41. The van der Waals surface area contributed by atoms with E-state index in [1.807, 2.05) is 4.57 Å². The van der Waals surface area contributed by atoms with E-state index < -0.39 is 16.0 Å². The summed E-state index contributed by atoms with van der Waals surface area (Å²) in [6.07, 6.45) is 6.18. The highest BCUT2D eigenvalue weighted by molar-refractivity contribution is 7.89. The van der Waals surface area contributed by atoms with E-state index in [9.17, 15) is 13.2 Å². The summed E-state index contributed by atoms with van der Waals surface area (Å²) in [4.78, 5) is 16.4. The molecule has 0 aliphatic rings. The van der Waals surface area contributed by atoms with Crippen LogP contribution < -0.4 is 5.14 Å². The Balaban J connectivity index is 1.82. The third-order valence-corrected chi connectivity index (χ3v) is 5.04. The van der Waals surface area contributed by atoms with Gasteiger partial charge in [0.2, 0.25) is 10.0 Å². The van der Waals surface area contributed by atoms with Gasteiger partial charge in [0.15, 0.2) is 0 Å². The number of furan rings is 1. The summed E-state index contributed by atoms with van der Waals surface area (Å²) in [7, 11) is -3.82. The summed E-state index contributed by atoms with van der Waals surface area (Å²) in [6, 6.07) is 7.98. The second-order valence-corrected chi connectivity index (χ2v) is 7.75. The Hall–Kier alpha value is -2.91. The molecule has 3 rings (SSSR count). The summed E-state index contributed by atoms with van der Waals surface area (Å²) in [5, 5.41) is 5.20. The number of imidazole rings is 1. The molecule has 28 heavy (non-hydrogen) atoms. The van der Waals surface area contributed by atoms with Crippen molar-refractivity contribution in [1.82, 2.24) is 9.55 Å². The number of carbonyl (C=O) groups excluding carboxylic acids is 1. The van der Waals surface area contributed by atoms with Gasteiger partial charge in [0.1, 0.15) is 18.2 Å². The third kappa shape index (κ3) is 4.68. The highest BCUT2D eigenvalue weighted by Gasteiger charge is 2.15. The van der Waals surface area contributed by atoms with Crippen LogP contribution in [0.5, 0.6) is 0 Å². The van der Waals surface area contributed by atoms with Crippen LogP contribution in [0.1, 0.15) is 31.4 Å². The maximum absolute atomic E-state index is 12.0. The minimum Gasteiger partial charge on any atom is -0.465 e. The number of primary sulfonamides is 1. The van der Waals surface area contributed by atoms with Gasteiger partial charge in [-0.3, -0.25) is 0 Å². The summed E-state index contributed by atoms with van der Waals surface area (Å²) >= 11 is 0. The highest BCUT2D eigenvalue weighted by atomic mass is 32.2. The molecule has 0 unspecified atom stereocenters. The Morgan fingerprint density at radius 1 is 1.36 bits per heavy atom. The van der Waals surface area contributed by atoms with Crippen molar-refractivity contribution in [3.05, 3.63) is 54.3 Å².